The number of nitrogens with zero attached hydrogens (tertiary/aromatic N) is 1. The van der Waals surface area contributed by atoms with Crippen LogP contribution < -0.4 is 5.32 Å². The fourth-order valence-electron chi connectivity index (χ4n) is 2.18. The predicted octanol–water partition coefficient (Wildman–Crippen LogP) is 0.997. The van der Waals surface area contributed by atoms with Crippen LogP contribution in [0.2, 0.25) is 0 Å². The van der Waals surface area contributed by atoms with Crippen LogP contribution in [0.25, 0.3) is 0 Å². The van der Waals surface area contributed by atoms with E-state index in [1.54, 1.807) is 0 Å². The second-order valence-electron chi connectivity index (χ2n) is 4.84. The maximum Gasteiger partial charge on any atom is 0.239 e. The Labute approximate surface area is 85.8 Å². The van der Waals surface area contributed by atoms with Crippen molar-refractivity contribution in [2.45, 2.75) is 38.6 Å². The molecular formula is C11H20N2O. The lowest BCUT2D eigenvalue weighted by atomic mass is 10.0. The molecule has 0 aromatic carbocycles. The summed E-state index contributed by atoms with van der Waals surface area (Å²) in [6, 6.07) is 0.101. The zero-order valence-corrected chi connectivity index (χ0v) is 9.18. The molecular weight excluding hydrogens is 176 g/mol. The summed E-state index contributed by atoms with van der Waals surface area (Å²) >= 11 is 0. The van der Waals surface area contributed by atoms with E-state index in [4.69, 9.17) is 0 Å². The van der Waals surface area contributed by atoms with Gasteiger partial charge in [-0.05, 0) is 31.1 Å². The van der Waals surface area contributed by atoms with Gasteiger partial charge < -0.3 is 10.2 Å². The molecule has 14 heavy (non-hydrogen) atoms. The van der Waals surface area contributed by atoms with Gasteiger partial charge in [0.2, 0.25) is 5.91 Å². The Morgan fingerprint density at radius 2 is 2.29 bits per heavy atom. The topological polar surface area (TPSA) is 32.3 Å². The minimum atomic E-state index is 0.101. The van der Waals surface area contributed by atoms with Crippen LogP contribution in [0, 0.1) is 5.41 Å². The molecule has 1 N–H and O–H groups in total. The standard InChI is InChI=1S/C11H20N2O/c1-3-11(5-6-11)8-12-9-4-7-13(2)10(9)14/h9,12H,3-8H2,1-2H3. The van der Waals surface area contributed by atoms with E-state index in [2.05, 4.69) is 12.2 Å². The number of hydrogen-bond donors (Lipinski definition) is 1. The molecule has 80 valence electrons. The summed E-state index contributed by atoms with van der Waals surface area (Å²) in [5.74, 6) is 0.275. The number of likely N-dealkylation sites (N-methyl/N-ethyl adjacent to an activating group) is 1. The molecule has 1 saturated carbocycles. The molecule has 1 atom stereocenters. The van der Waals surface area contributed by atoms with Crippen molar-refractivity contribution in [2.24, 2.45) is 5.41 Å². The highest BCUT2D eigenvalue weighted by Crippen LogP contribution is 2.47. The molecule has 1 aliphatic carbocycles. The third kappa shape index (κ3) is 1.78. The third-order valence-corrected chi connectivity index (χ3v) is 3.86. The van der Waals surface area contributed by atoms with Gasteiger partial charge in [0.1, 0.15) is 0 Å². The van der Waals surface area contributed by atoms with Gasteiger partial charge in [0, 0.05) is 20.1 Å². The van der Waals surface area contributed by atoms with E-state index in [0.717, 1.165) is 19.5 Å². The van der Waals surface area contributed by atoms with Gasteiger partial charge in [-0.1, -0.05) is 6.92 Å². The minimum absolute atomic E-state index is 0.101. The van der Waals surface area contributed by atoms with Gasteiger partial charge in [-0.25, -0.2) is 0 Å². The van der Waals surface area contributed by atoms with Gasteiger partial charge in [-0.2, -0.15) is 0 Å². The molecule has 0 bridgehead atoms. The maximum absolute atomic E-state index is 11.6. The molecule has 1 saturated heterocycles. The summed E-state index contributed by atoms with van der Waals surface area (Å²) < 4.78 is 0. The van der Waals surface area contributed by atoms with Gasteiger partial charge in [0.25, 0.3) is 0 Å². The highest BCUT2D eigenvalue weighted by atomic mass is 16.2. The molecule has 2 fully saturated rings. The van der Waals surface area contributed by atoms with Crippen LogP contribution in [0.3, 0.4) is 0 Å². The lowest BCUT2D eigenvalue weighted by molar-refractivity contribution is -0.128. The highest BCUT2D eigenvalue weighted by Gasteiger charge is 2.41. The van der Waals surface area contributed by atoms with Crippen LogP contribution in [0.4, 0.5) is 0 Å². The molecule has 1 heterocycles. The first kappa shape index (κ1) is 9.97. The van der Waals surface area contributed by atoms with E-state index < -0.39 is 0 Å². The first-order valence-corrected chi connectivity index (χ1v) is 5.65. The lowest BCUT2D eigenvalue weighted by Gasteiger charge is -2.17. The third-order valence-electron chi connectivity index (χ3n) is 3.86. The van der Waals surface area contributed by atoms with Crippen molar-refractivity contribution in [3.05, 3.63) is 0 Å². The number of hydrogen-bond acceptors (Lipinski definition) is 2. The zero-order chi connectivity index (χ0) is 10.2. The Kier molecular flexibility index (Phi) is 2.52. The van der Waals surface area contributed by atoms with Crippen molar-refractivity contribution in [3.8, 4) is 0 Å². The minimum Gasteiger partial charge on any atom is -0.344 e. The smallest absolute Gasteiger partial charge is 0.239 e. The Balaban J connectivity index is 1.79. The normalized spacial score (nSPS) is 29.7. The predicted molar refractivity (Wildman–Crippen MR) is 56.0 cm³/mol. The quantitative estimate of drug-likeness (QED) is 0.727. The Morgan fingerprint density at radius 3 is 2.71 bits per heavy atom. The Bertz CT molecular complexity index is 235. The van der Waals surface area contributed by atoms with E-state index in [1.807, 2.05) is 11.9 Å². The number of carbonyl (C=O) groups is 1. The van der Waals surface area contributed by atoms with Crippen molar-refractivity contribution in [3.63, 3.8) is 0 Å². The first-order valence-electron chi connectivity index (χ1n) is 5.65. The second-order valence-corrected chi connectivity index (χ2v) is 4.84. The number of rotatable bonds is 4. The van der Waals surface area contributed by atoms with Gasteiger partial charge >= 0.3 is 0 Å². The maximum atomic E-state index is 11.6. The van der Waals surface area contributed by atoms with Crippen molar-refractivity contribution >= 4 is 5.91 Å². The molecule has 3 nitrogen and oxygen atoms in total. The van der Waals surface area contributed by atoms with Crippen LogP contribution in [0.5, 0.6) is 0 Å². The second kappa shape index (κ2) is 3.54. The average molecular weight is 196 g/mol. The molecule has 1 aliphatic heterocycles. The zero-order valence-electron chi connectivity index (χ0n) is 9.18. The molecule has 0 aromatic heterocycles. The van der Waals surface area contributed by atoms with Gasteiger partial charge in [0.15, 0.2) is 0 Å². The van der Waals surface area contributed by atoms with Crippen LogP contribution in [0.1, 0.15) is 32.6 Å². The fourth-order valence-corrected chi connectivity index (χ4v) is 2.18. The summed E-state index contributed by atoms with van der Waals surface area (Å²) in [6.45, 7) is 4.20. The number of likely N-dealkylation sites (tertiary alicyclic amines) is 1. The Morgan fingerprint density at radius 1 is 1.57 bits per heavy atom. The van der Waals surface area contributed by atoms with Crippen molar-refractivity contribution < 1.29 is 4.79 Å². The van der Waals surface area contributed by atoms with Crippen LogP contribution in [0.15, 0.2) is 0 Å². The Hall–Kier alpha value is -0.570. The van der Waals surface area contributed by atoms with Gasteiger partial charge in [-0.15, -0.1) is 0 Å². The van der Waals surface area contributed by atoms with Gasteiger partial charge in [-0.3, -0.25) is 4.79 Å². The number of amides is 1. The van der Waals surface area contributed by atoms with Crippen molar-refractivity contribution in [1.29, 1.82) is 0 Å². The van der Waals surface area contributed by atoms with Gasteiger partial charge in [0.05, 0.1) is 6.04 Å². The average Bonchev–Trinajstić information content (AvgIpc) is 2.91. The molecule has 1 unspecified atom stereocenters. The summed E-state index contributed by atoms with van der Waals surface area (Å²) in [5.41, 5.74) is 0.543. The van der Waals surface area contributed by atoms with E-state index in [9.17, 15) is 4.79 Å². The molecule has 2 aliphatic rings. The molecule has 0 aromatic rings. The lowest BCUT2D eigenvalue weighted by Crippen LogP contribution is -2.39. The first-order chi connectivity index (χ1) is 6.67. The van der Waals surface area contributed by atoms with Crippen molar-refractivity contribution in [2.75, 3.05) is 20.1 Å². The monoisotopic (exact) mass is 196 g/mol. The largest absolute Gasteiger partial charge is 0.344 e. The highest BCUT2D eigenvalue weighted by molar-refractivity contribution is 5.83. The van der Waals surface area contributed by atoms with E-state index in [1.165, 1.54) is 19.3 Å². The molecule has 1 amide bonds. The summed E-state index contributed by atoms with van der Waals surface area (Å²) in [6.07, 6.45) is 4.91. The summed E-state index contributed by atoms with van der Waals surface area (Å²) in [7, 11) is 1.89. The van der Waals surface area contributed by atoms with Crippen molar-refractivity contribution in [1.82, 2.24) is 10.2 Å². The van der Waals surface area contributed by atoms with Crippen LogP contribution in [-0.4, -0.2) is 37.0 Å². The molecule has 0 spiro atoms. The molecule has 0 radical (unpaired) electrons. The molecule has 3 heteroatoms. The molecule has 2 rings (SSSR count). The number of nitrogens with one attached hydrogen (secondary N) is 1. The van der Waals surface area contributed by atoms with Crippen LogP contribution in [-0.2, 0) is 4.79 Å². The summed E-state index contributed by atoms with van der Waals surface area (Å²) in [5, 5.41) is 3.42. The SMILES string of the molecule is CCC1(CNC2CCN(C)C2=O)CC1. The van der Waals surface area contributed by atoms with E-state index >= 15 is 0 Å². The van der Waals surface area contributed by atoms with E-state index in [-0.39, 0.29) is 11.9 Å². The van der Waals surface area contributed by atoms with Crippen LogP contribution >= 0.6 is 0 Å². The van der Waals surface area contributed by atoms with E-state index in [0.29, 0.717) is 5.41 Å². The summed E-state index contributed by atoms with van der Waals surface area (Å²) in [4.78, 5) is 13.4. The fraction of sp³-hybridized carbons (Fsp3) is 0.909. The number of carbonyl (C=O) groups excluding carboxylic acids is 1.